The van der Waals surface area contributed by atoms with E-state index in [1.54, 1.807) is 11.3 Å². The Morgan fingerprint density at radius 1 is 1.14 bits per heavy atom. The van der Waals surface area contributed by atoms with Crippen LogP contribution in [0.2, 0.25) is 0 Å². The van der Waals surface area contributed by atoms with Crippen LogP contribution in [0.1, 0.15) is 71.3 Å². The molecule has 0 bridgehead atoms. The van der Waals surface area contributed by atoms with Gasteiger partial charge in [0.05, 0.1) is 15.8 Å². The lowest BCUT2D eigenvalue weighted by Crippen LogP contribution is -2.37. The monoisotopic (exact) mass is 493 g/mol. The second-order valence-electron chi connectivity index (χ2n) is 10.8. The van der Waals surface area contributed by atoms with E-state index in [-0.39, 0.29) is 11.6 Å². The molecule has 0 saturated carbocycles. The summed E-state index contributed by atoms with van der Waals surface area (Å²) >= 11 is 1.70. The van der Waals surface area contributed by atoms with Crippen LogP contribution in [0.4, 0.5) is 11.5 Å². The highest BCUT2D eigenvalue weighted by Crippen LogP contribution is 2.36. The highest BCUT2D eigenvalue weighted by molar-refractivity contribution is 7.24. The molecule has 1 saturated heterocycles. The molecule has 1 aromatic carbocycles. The van der Waals surface area contributed by atoms with Crippen LogP contribution in [-0.4, -0.2) is 35.9 Å². The molecule has 2 atom stereocenters. The van der Waals surface area contributed by atoms with Gasteiger partial charge in [-0.3, -0.25) is 14.2 Å². The number of rotatable bonds is 9. The van der Waals surface area contributed by atoms with Gasteiger partial charge in [-0.2, -0.15) is 0 Å². The molecule has 3 aromatic rings. The number of hydrogen-bond donors (Lipinski definition) is 3. The van der Waals surface area contributed by atoms with E-state index in [2.05, 4.69) is 65.4 Å². The van der Waals surface area contributed by atoms with E-state index >= 15 is 0 Å². The summed E-state index contributed by atoms with van der Waals surface area (Å²) in [5.41, 5.74) is 2.59. The summed E-state index contributed by atoms with van der Waals surface area (Å²) in [5, 5.41) is 10.7. The van der Waals surface area contributed by atoms with Gasteiger partial charge in [-0.25, -0.2) is 0 Å². The summed E-state index contributed by atoms with van der Waals surface area (Å²) < 4.78 is 3.44. The Balaban J connectivity index is 1.43. The molecule has 0 aliphatic carbocycles. The van der Waals surface area contributed by atoms with Crippen LogP contribution in [0.3, 0.4) is 0 Å². The van der Waals surface area contributed by atoms with E-state index in [9.17, 15) is 4.79 Å². The van der Waals surface area contributed by atoms with Crippen LogP contribution in [0.25, 0.3) is 15.0 Å². The van der Waals surface area contributed by atoms with Gasteiger partial charge >= 0.3 is 0 Å². The Labute approximate surface area is 212 Å². The number of nitrogens with one attached hydrogen (secondary N) is 3. The molecular formula is C28H39N5OS. The number of aliphatic imine (C=N–C) groups is 1. The molecule has 3 N–H and O–H groups in total. The zero-order chi connectivity index (χ0) is 24.4. The van der Waals surface area contributed by atoms with Gasteiger partial charge in [-0.1, -0.05) is 52.2 Å². The Kier molecular flexibility index (Phi) is 7.44. The molecule has 35 heavy (non-hydrogen) atoms. The summed E-state index contributed by atoms with van der Waals surface area (Å²) in [5.74, 6) is 2.36. The molecule has 4 heterocycles. The molecular weight excluding hydrogens is 454 g/mol. The first-order valence-electron chi connectivity index (χ1n) is 13.4. The molecule has 1 fully saturated rings. The minimum atomic E-state index is 0.00652. The van der Waals surface area contributed by atoms with Gasteiger partial charge in [0.1, 0.15) is 22.5 Å². The summed E-state index contributed by atoms with van der Waals surface area (Å²) in [6.07, 6.45) is 9.88. The van der Waals surface area contributed by atoms with E-state index in [0.29, 0.717) is 17.5 Å². The van der Waals surface area contributed by atoms with Crippen molar-refractivity contribution in [3.05, 3.63) is 40.1 Å². The lowest BCUT2D eigenvalue weighted by Gasteiger charge is -2.27. The van der Waals surface area contributed by atoms with Crippen LogP contribution in [0, 0.1) is 11.8 Å². The third kappa shape index (κ3) is 5.26. The van der Waals surface area contributed by atoms with Crippen molar-refractivity contribution in [3.8, 4) is 0 Å². The van der Waals surface area contributed by atoms with Crippen molar-refractivity contribution in [1.82, 2.24) is 9.72 Å². The van der Waals surface area contributed by atoms with E-state index in [1.165, 1.54) is 24.0 Å². The van der Waals surface area contributed by atoms with Gasteiger partial charge in [-0.05, 0) is 62.7 Å². The summed E-state index contributed by atoms with van der Waals surface area (Å²) in [4.78, 5) is 19.5. The van der Waals surface area contributed by atoms with Crippen molar-refractivity contribution in [2.75, 3.05) is 23.7 Å². The normalized spacial score (nSPS) is 19.3. The van der Waals surface area contributed by atoms with Gasteiger partial charge < -0.3 is 16.0 Å². The Morgan fingerprint density at radius 3 is 2.74 bits per heavy atom. The topological polar surface area (TPSA) is 69.9 Å². The van der Waals surface area contributed by atoms with E-state index in [4.69, 9.17) is 4.99 Å². The Bertz CT molecular complexity index is 1250. The van der Waals surface area contributed by atoms with Gasteiger partial charge in [0.15, 0.2) is 0 Å². The van der Waals surface area contributed by atoms with Gasteiger partial charge in [-0.15, -0.1) is 11.3 Å². The largest absolute Gasteiger partial charge is 0.377 e. The highest BCUT2D eigenvalue weighted by atomic mass is 32.1. The number of fused-ring (bicyclic) bond motifs is 5. The molecule has 5 rings (SSSR count). The fourth-order valence-corrected chi connectivity index (χ4v) is 6.51. The van der Waals surface area contributed by atoms with Gasteiger partial charge in [0.2, 0.25) is 5.43 Å². The number of benzene rings is 1. The lowest BCUT2D eigenvalue weighted by atomic mass is 9.95. The number of para-hydroxylation sites is 1. The molecule has 2 aliphatic heterocycles. The average molecular weight is 494 g/mol. The van der Waals surface area contributed by atoms with Gasteiger partial charge in [0, 0.05) is 12.3 Å². The van der Waals surface area contributed by atoms with Crippen molar-refractivity contribution in [3.63, 3.8) is 0 Å². The number of anilines is 2. The molecule has 2 aliphatic rings. The van der Waals surface area contributed by atoms with E-state index < -0.39 is 0 Å². The Hall–Kier alpha value is -2.38. The summed E-state index contributed by atoms with van der Waals surface area (Å²) in [6, 6.07) is 8.75. The number of pyridine rings is 1. The van der Waals surface area contributed by atoms with Crippen LogP contribution < -0.4 is 21.4 Å². The van der Waals surface area contributed by atoms with Crippen LogP contribution in [0.15, 0.2) is 34.1 Å². The molecule has 1 unspecified atom stereocenters. The van der Waals surface area contributed by atoms with Crippen molar-refractivity contribution >= 4 is 44.1 Å². The maximum atomic E-state index is 13.7. The SMILES string of the molecule is CC(C)CCC[C@H](C)CCC1N=Cc2c(n3c(sc4ccccc43)c(NC3CCNCC3)c2=O)N1. The maximum absolute atomic E-state index is 13.7. The molecule has 0 radical (unpaired) electrons. The molecule has 2 aromatic heterocycles. The van der Waals surface area contributed by atoms with Crippen molar-refractivity contribution in [1.29, 1.82) is 0 Å². The van der Waals surface area contributed by atoms with Crippen molar-refractivity contribution in [2.24, 2.45) is 16.8 Å². The highest BCUT2D eigenvalue weighted by Gasteiger charge is 2.26. The zero-order valence-corrected chi connectivity index (χ0v) is 22.1. The minimum absolute atomic E-state index is 0.00652. The number of piperidine rings is 1. The number of thiazole rings is 1. The van der Waals surface area contributed by atoms with Gasteiger partial charge in [0.25, 0.3) is 0 Å². The summed E-state index contributed by atoms with van der Waals surface area (Å²) in [6.45, 7) is 8.93. The smallest absolute Gasteiger partial charge is 0.217 e. The molecule has 188 valence electrons. The Morgan fingerprint density at radius 2 is 1.94 bits per heavy atom. The zero-order valence-electron chi connectivity index (χ0n) is 21.3. The molecule has 0 spiro atoms. The van der Waals surface area contributed by atoms with Crippen LogP contribution in [0.5, 0.6) is 0 Å². The van der Waals surface area contributed by atoms with E-state index in [0.717, 1.165) is 66.5 Å². The number of aromatic nitrogens is 1. The number of hydrogen-bond acceptors (Lipinski definition) is 6. The molecule has 0 amide bonds. The predicted molar refractivity (Wildman–Crippen MR) is 151 cm³/mol. The van der Waals surface area contributed by atoms with Crippen molar-refractivity contribution in [2.45, 2.75) is 77.9 Å². The summed E-state index contributed by atoms with van der Waals surface area (Å²) in [7, 11) is 0. The fourth-order valence-electron chi connectivity index (χ4n) is 5.36. The molecule has 6 nitrogen and oxygen atoms in total. The van der Waals surface area contributed by atoms with E-state index in [1.807, 2.05) is 6.21 Å². The predicted octanol–water partition coefficient (Wildman–Crippen LogP) is 6.09. The first-order chi connectivity index (χ1) is 17.0. The third-order valence-electron chi connectivity index (χ3n) is 7.47. The minimum Gasteiger partial charge on any atom is -0.377 e. The molecule has 7 heteroatoms. The first-order valence-corrected chi connectivity index (χ1v) is 14.2. The average Bonchev–Trinajstić information content (AvgIpc) is 3.25. The first kappa shape index (κ1) is 24.3. The van der Waals surface area contributed by atoms with Crippen LogP contribution in [-0.2, 0) is 0 Å². The fraction of sp³-hybridized carbons (Fsp3) is 0.571. The quantitative estimate of drug-likeness (QED) is 0.337. The van der Waals surface area contributed by atoms with Crippen molar-refractivity contribution < 1.29 is 0 Å². The standard InChI is InChI=1S/C28H39N5OS/c1-18(2)7-6-8-19(3)11-12-24-30-17-21-26(34)25(31-20-13-15-29-16-14-20)28-33(27(21)32-24)22-9-4-5-10-23(22)35-28/h4-5,9-10,17-20,24,29,31-32H,6-8,11-16H2,1-3H3/t19-,24?/m0/s1. The lowest BCUT2D eigenvalue weighted by molar-refractivity contribution is 0.417. The second kappa shape index (κ2) is 10.7. The second-order valence-corrected chi connectivity index (χ2v) is 11.8. The third-order valence-corrected chi connectivity index (χ3v) is 8.61. The maximum Gasteiger partial charge on any atom is 0.217 e. The number of nitrogens with zero attached hydrogens (tertiary/aromatic N) is 2. The van der Waals surface area contributed by atoms with Crippen LogP contribution >= 0.6 is 11.3 Å².